The quantitative estimate of drug-likeness (QED) is 0.245. The molecule has 3 aliphatic heterocycles. The van der Waals surface area contributed by atoms with Gasteiger partial charge in [-0.15, -0.1) is 0 Å². The molecule has 7 rings (SSSR count). The van der Waals surface area contributed by atoms with Crippen LogP contribution in [0.15, 0.2) is 52.1 Å². The van der Waals surface area contributed by atoms with Gasteiger partial charge in [0.1, 0.15) is 17.4 Å². The van der Waals surface area contributed by atoms with Crippen LogP contribution in [0.5, 0.6) is 11.8 Å². The topological polar surface area (TPSA) is 142 Å². The largest absolute Gasteiger partial charge is 0.508 e. The third kappa shape index (κ3) is 7.83. The molecule has 0 saturated carbocycles. The van der Waals surface area contributed by atoms with Gasteiger partial charge in [-0.1, -0.05) is 26.0 Å². The number of nitrogens with zero attached hydrogens (tertiary/aromatic N) is 6. The summed E-state index contributed by atoms with van der Waals surface area (Å²) in [6.07, 6.45) is 7.82. The highest BCUT2D eigenvalue weighted by atomic mass is 19.1. The van der Waals surface area contributed by atoms with Crippen molar-refractivity contribution in [1.29, 1.82) is 0 Å². The van der Waals surface area contributed by atoms with E-state index in [0.29, 0.717) is 54.2 Å². The molecule has 1 fully saturated rings. The lowest BCUT2D eigenvalue weighted by Gasteiger charge is -2.26. The molecule has 1 aromatic heterocycles. The lowest BCUT2D eigenvalue weighted by Crippen LogP contribution is -2.38. The number of hydrogen-bond donors (Lipinski definition) is 3. The molecule has 1 saturated heterocycles. The number of rotatable bonds is 6. The Morgan fingerprint density at radius 2 is 1.92 bits per heavy atom. The molecular formula is C41H51FN8O3. The van der Waals surface area contributed by atoms with Crippen LogP contribution < -0.4 is 31.3 Å². The van der Waals surface area contributed by atoms with Crippen LogP contribution in [0.2, 0.25) is 0 Å². The second kappa shape index (κ2) is 15.9. The van der Waals surface area contributed by atoms with Crippen LogP contribution >= 0.6 is 0 Å². The predicted molar refractivity (Wildman–Crippen MR) is 211 cm³/mol. The normalized spacial score (nSPS) is 20.1. The Labute approximate surface area is 310 Å². The van der Waals surface area contributed by atoms with Gasteiger partial charge in [-0.3, -0.25) is 14.8 Å². The van der Waals surface area contributed by atoms with E-state index in [-0.39, 0.29) is 41.1 Å². The Kier molecular flexibility index (Phi) is 11.3. The van der Waals surface area contributed by atoms with E-state index in [0.717, 1.165) is 44.8 Å². The maximum absolute atomic E-state index is 15.2. The van der Waals surface area contributed by atoms with Gasteiger partial charge in [0.15, 0.2) is 0 Å². The van der Waals surface area contributed by atoms with Crippen LogP contribution in [0.25, 0.3) is 38.9 Å². The molecule has 0 bridgehead atoms. The summed E-state index contributed by atoms with van der Waals surface area (Å²) in [6.45, 7) is 11.2. The van der Waals surface area contributed by atoms with Gasteiger partial charge in [0.2, 0.25) is 0 Å². The first-order valence-corrected chi connectivity index (χ1v) is 18.5. The van der Waals surface area contributed by atoms with E-state index in [1.807, 2.05) is 13.0 Å². The summed E-state index contributed by atoms with van der Waals surface area (Å²) < 4.78 is 20.8. The Balaban J connectivity index is 0.000000729. The van der Waals surface area contributed by atoms with Crippen molar-refractivity contribution in [1.82, 2.24) is 20.2 Å². The van der Waals surface area contributed by atoms with Crippen molar-refractivity contribution in [2.45, 2.75) is 65.5 Å². The van der Waals surface area contributed by atoms with Crippen molar-refractivity contribution in [3.63, 3.8) is 0 Å². The molecule has 3 aliphatic rings. The SMILES string of the molecule is CC1CCCN1.CCc1c(F)ccc2cc(O)cc(-c3cc4nc(OC)nc(N5CCCN=C(/C=C(\N)C(=O)N(C)C)C5)c4c4c3=NC(C)C(C)C=4)c12. The zero-order valence-electron chi connectivity index (χ0n) is 31.8. The minimum absolute atomic E-state index is 0.0217. The second-order valence-electron chi connectivity index (χ2n) is 14.4. The van der Waals surface area contributed by atoms with Crippen molar-refractivity contribution in [2.75, 3.05) is 52.3 Å². The molecule has 53 heavy (non-hydrogen) atoms. The van der Waals surface area contributed by atoms with Gasteiger partial charge in [-0.25, -0.2) is 4.39 Å². The Morgan fingerprint density at radius 1 is 1.13 bits per heavy atom. The van der Waals surface area contributed by atoms with E-state index in [2.05, 4.69) is 37.1 Å². The van der Waals surface area contributed by atoms with E-state index in [4.69, 9.17) is 30.4 Å². The van der Waals surface area contributed by atoms with Crippen LogP contribution in [0, 0.1) is 11.7 Å². The van der Waals surface area contributed by atoms with Gasteiger partial charge in [-0.2, -0.15) is 9.97 Å². The minimum Gasteiger partial charge on any atom is -0.508 e. The van der Waals surface area contributed by atoms with E-state index < -0.39 is 0 Å². The van der Waals surface area contributed by atoms with Crippen molar-refractivity contribution < 1.29 is 19.0 Å². The number of carbonyl (C=O) groups is 1. The first kappa shape index (κ1) is 37.7. The maximum atomic E-state index is 15.2. The fourth-order valence-corrected chi connectivity index (χ4v) is 7.32. The average Bonchev–Trinajstić information content (AvgIpc) is 3.50. The van der Waals surface area contributed by atoms with E-state index in [9.17, 15) is 9.90 Å². The fourth-order valence-electron chi connectivity index (χ4n) is 7.32. The van der Waals surface area contributed by atoms with Gasteiger partial charge < -0.3 is 30.7 Å². The first-order valence-electron chi connectivity index (χ1n) is 18.5. The van der Waals surface area contributed by atoms with Crippen molar-refractivity contribution in [2.24, 2.45) is 21.6 Å². The molecule has 0 radical (unpaired) electrons. The van der Waals surface area contributed by atoms with Crippen molar-refractivity contribution in [3.8, 4) is 22.9 Å². The highest BCUT2D eigenvalue weighted by Crippen LogP contribution is 2.37. The number of aromatic nitrogens is 2. The Morgan fingerprint density at radius 3 is 2.58 bits per heavy atom. The number of nitrogens with two attached hydrogens (primary N) is 1. The number of hydrogen-bond acceptors (Lipinski definition) is 10. The number of ether oxygens (including phenoxy) is 1. The summed E-state index contributed by atoms with van der Waals surface area (Å²) in [5.41, 5.74) is 9.56. The standard InChI is InChI=1S/C36H40FN7O3.C5H11N/c1-7-24-28(37)10-9-21-14-23(45)16-25(31(21)24)26-17-30-32(27-13-19(2)20(3)40-33(26)27)34(42-36(41-30)47-6)44-12-8-11-39-22(18-44)15-29(38)35(46)43(4)5;1-5-3-2-4-6-5/h9-10,13-17,19-20,45H,7-8,11-12,18,38H2,1-6H3;5-6H,2-4H2,1H3/b29-15-;. The van der Waals surface area contributed by atoms with E-state index in [1.54, 1.807) is 38.4 Å². The van der Waals surface area contributed by atoms with Gasteiger partial charge in [-0.05, 0) is 104 Å². The monoisotopic (exact) mass is 722 g/mol. The summed E-state index contributed by atoms with van der Waals surface area (Å²) >= 11 is 0. The number of phenolic OH excluding ortho intramolecular Hbond substituents is 1. The Bertz CT molecular complexity index is 2230. The van der Waals surface area contributed by atoms with Crippen LogP contribution in [0.4, 0.5) is 10.2 Å². The number of amides is 1. The summed E-state index contributed by atoms with van der Waals surface area (Å²) in [6, 6.07) is 9.40. The number of aliphatic imine (C=N–C) groups is 1. The van der Waals surface area contributed by atoms with Crippen molar-refractivity contribution in [3.05, 3.63) is 64.1 Å². The maximum Gasteiger partial charge on any atom is 0.318 e. The van der Waals surface area contributed by atoms with Crippen LogP contribution in [-0.4, -0.2) is 91.1 Å². The highest BCUT2D eigenvalue weighted by molar-refractivity contribution is 6.07. The number of aromatic hydroxyl groups is 1. The summed E-state index contributed by atoms with van der Waals surface area (Å²) in [5.74, 6) is 0.266. The summed E-state index contributed by atoms with van der Waals surface area (Å²) in [4.78, 5) is 35.7. The lowest BCUT2D eigenvalue weighted by molar-refractivity contribution is -0.124. The van der Waals surface area contributed by atoms with Gasteiger partial charge >= 0.3 is 6.01 Å². The highest BCUT2D eigenvalue weighted by Gasteiger charge is 2.25. The summed E-state index contributed by atoms with van der Waals surface area (Å²) in [5, 5.41) is 18.1. The number of aryl methyl sites for hydroxylation is 1. The van der Waals surface area contributed by atoms with Crippen LogP contribution in [0.1, 0.15) is 52.5 Å². The number of benzene rings is 3. The molecule has 11 nitrogen and oxygen atoms in total. The molecule has 3 atom stereocenters. The average molecular weight is 723 g/mol. The Hall–Kier alpha value is -5.10. The molecule has 3 aromatic carbocycles. The van der Waals surface area contributed by atoms with Crippen molar-refractivity contribution >= 4 is 45.2 Å². The smallest absolute Gasteiger partial charge is 0.318 e. The molecule has 4 aromatic rings. The molecule has 3 unspecified atom stereocenters. The zero-order chi connectivity index (χ0) is 38.0. The molecule has 12 heteroatoms. The molecule has 0 spiro atoms. The zero-order valence-corrected chi connectivity index (χ0v) is 31.8. The van der Waals surface area contributed by atoms with Gasteiger partial charge in [0.25, 0.3) is 5.91 Å². The molecule has 1 amide bonds. The number of fused-ring (bicyclic) bond motifs is 4. The molecule has 4 N–H and O–H groups in total. The van der Waals surface area contributed by atoms with E-state index >= 15 is 4.39 Å². The molecule has 280 valence electrons. The van der Waals surface area contributed by atoms with E-state index in [1.165, 1.54) is 37.5 Å². The molecule has 4 heterocycles. The number of likely N-dealkylation sites (N-methyl/N-ethyl adjacent to an activating group) is 1. The number of carbonyl (C=O) groups excluding carboxylic acids is 1. The van der Waals surface area contributed by atoms with Crippen LogP contribution in [-0.2, 0) is 11.2 Å². The predicted octanol–water partition coefficient (Wildman–Crippen LogP) is 4.64. The number of methoxy groups -OCH3 is 1. The number of anilines is 1. The van der Waals surface area contributed by atoms with Crippen LogP contribution in [0.3, 0.4) is 0 Å². The van der Waals surface area contributed by atoms with Gasteiger partial charge in [0, 0.05) is 44.0 Å². The third-order valence-corrected chi connectivity index (χ3v) is 10.3. The fraction of sp³-hybridized carbons (Fsp3) is 0.439. The minimum atomic E-state index is -0.293. The second-order valence-corrected chi connectivity index (χ2v) is 14.4. The number of phenols is 1. The number of halogens is 1. The molecular weight excluding hydrogens is 672 g/mol. The number of nitrogens with one attached hydrogen (secondary N) is 1. The van der Waals surface area contributed by atoms with Gasteiger partial charge in [0.05, 0.1) is 47.4 Å². The first-order chi connectivity index (χ1) is 25.4. The summed E-state index contributed by atoms with van der Waals surface area (Å²) in [7, 11) is 4.84. The molecule has 0 aliphatic carbocycles. The third-order valence-electron chi connectivity index (χ3n) is 10.3. The lowest BCUT2D eigenvalue weighted by atomic mass is 9.89.